The first-order chi connectivity index (χ1) is 9.13. The first-order valence-electron chi connectivity index (χ1n) is 7.14. The van der Waals surface area contributed by atoms with Crippen LogP contribution in [0.5, 0.6) is 0 Å². The number of hydrogen-bond acceptors (Lipinski definition) is 4. The summed E-state index contributed by atoms with van der Waals surface area (Å²) in [5.41, 5.74) is 1.08. The number of hydrogen-bond donors (Lipinski definition) is 1. The van der Waals surface area contributed by atoms with Gasteiger partial charge in [-0.25, -0.2) is 4.98 Å². The Hall–Kier alpha value is -1.07. The lowest BCUT2D eigenvalue weighted by atomic mass is 10.3. The van der Waals surface area contributed by atoms with Gasteiger partial charge in [-0.3, -0.25) is 0 Å². The Balaban J connectivity index is 1.89. The van der Waals surface area contributed by atoms with E-state index in [0.29, 0.717) is 6.04 Å². The molecule has 1 heterocycles. The van der Waals surface area contributed by atoms with Crippen molar-refractivity contribution in [2.75, 3.05) is 39.1 Å². The molecule has 1 unspecified atom stereocenters. The van der Waals surface area contributed by atoms with Gasteiger partial charge >= 0.3 is 0 Å². The van der Waals surface area contributed by atoms with Crippen LogP contribution in [0.4, 0.5) is 5.95 Å². The van der Waals surface area contributed by atoms with Crippen LogP contribution in [-0.2, 0) is 4.74 Å². The quantitative estimate of drug-likeness (QED) is 0.780. The third-order valence-corrected chi connectivity index (χ3v) is 3.67. The summed E-state index contributed by atoms with van der Waals surface area (Å²) in [6, 6.07) is 0.656. The molecule has 0 bridgehead atoms. The summed E-state index contributed by atoms with van der Waals surface area (Å²) in [5.74, 6) is 0.987. The van der Waals surface area contributed by atoms with Crippen LogP contribution in [0.25, 0.3) is 0 Å². The third kappa shape index (κ3) is 3.94. The molecular weight excluding hydrogens is 240 g/mol. The van der Waals surface area contributed by atoms with Gasteiger partial charge in [-0.05, 0) is 33.4 Å². The summed E-state index contributed by atoms with van der Waals surface area (Å²) in [4.78, 5) is 6.82. The van der Waals surface area contributed by atoms with Crippen molar-refractivity contribution in [2.24, 2.45) is 0 Å². The smallest absolute Gasteiger partial charge is 0.203 e. The van der Waals surface area contributed by atoms with Crippen molar-refractivity contribution in [2.45, 2.75) is 38.8 Å². The van der Waals surface area contributed by atoms with Gasteiger partial charge < -0.3 is 19.5 Å². The summed E-state index contributed by atoms with van der Waals surface area (Å²) < 4.78 is 7.80. The van der Waals surface area contributed by atoms with E-state index in [1.807, 2.05) is 6.92 Å². The number of nitrogens with zero attached hydrogens (tertiary/aromatic N) is 3. The number of rotatable bonds is 8. The normalized spacial score (nSPS) is 16.9. The Morgan fingerprint density at radius 2 is 2.32 bits per heavy atom. The Kier molecular flexibility index (Phi) is 4.82. The first kappa shape index (κ1) is 14.3. The lowest BCUT2D eigenvalue weighted by Gasteiger charge is -2.22. The van der Waals surface area contributed by atoms with E-state index < -0.39 is 0 Å². The molecule has 1 aliphatic rings. The van der Waals surface area contributed by atoms with Crippen molar-refractivity contribution in [3.05, 3.63) is 11.9 Å². The minimum Gasteiger partial charge on any atom is -0.378 e. The van der Waals surface area contributed by atoms with E-state index in [1.54, 1.807) is 7.11 Å². The van der Waals surface area contributed by atoms with Crippen LogP contribution < -0.4 is 5.32 Å². The predicted octanol–water partition coefficient (Wildman–Crippen LogP) is 1.91. The van der Waals surface area contributed by atoms with E-state index >= 15 is 0 Å². The van der Waals surface area contributed by atoms with Gasteiger partial charge in [0.15, 0.2) is 0 Å². The average Bonchev–Trinajstić information content (AvgIpc) is 3.18. The number of nitrogens with one attached hydrogen (secondary N) is 1. The third-order valence-electron chi connectivity index (χ3n) is 3.67. The zero-order chi connectivity index (χ0) is 13.8. The number of aryl methyl sites for hydroxylation is 1. The standard InChI is InChI=1S/C14H26N4O/c1-5-17(3)10-13(19-4)8-15-14-16-11(2)9-18(14)12-6-7-12/h9,12-13H,5-8,10H2,1-4H3,(H,15,16). The fourth-order valence-corrected chi connectivity index (χ4v) is 2.18. The largest absolute Gasteiger partial charge is 0.378 e. The van der Waals surface area contributed by atoms with Crippen molar-refractivity contribution < 1.29 is 4.74 Å². The molecule has 1 aliphatic carbocycles. The fourth-order valence-electron chi connectivity index (χ4n) is 2.18. The predicted molar refractivity (Wildman–Crippen MR) is 77.7 cm³/mol. The summed E-state index contributed by atoms with van der Waals surface area (Å²) in [6.07, 6.45) is 4.88. The van der Waals surface area contributed by atoms with Gasteiger partial charge in [-0.2, -0.15) is 0 Å². The summed E-state index contributed by atoms with van der Waals surface area (Å²) in [5, 5.41) is 3.44. The Bertz CT molecular complexity index is 400. The topological polar surface area (TPSA) is 42.3 Å². The van der Waals surface area contributed by atoms with Crippen molar-refractivity contribution >= 4 is 5.95 Å². The molecule has 1 aromatic rings. The summed E-state index contributed by atoms with van der Waals surface area (Å²) in [7, 11) is 3.88. The zero-order valence-corrected chi connectivity index (χ0v) is 12.5. The van der Waals surface area contributed by atoms with Gasteiger partial charge in [0, 0.05) is 32.4 Å². The van der Waals surface area contributed by atoms with Crippen LogP contribution in [-0.4, -0.2) is 54.3 Å². The second-order valence-electron chi connectivity index (χ2n) is 5.44. The molecule has 19 heavy (non-hydrogen) atoms. The van der Waals surface area contributed by atoms with Crippen LogP contribution >= 0.6 is 0 Å². The van der Waals surface area contributed by atoms with Gasteiger partial charge in [0.1, 0.15) is 0 Å². The van der Waals surface area contributed by atoms with E-state index in [1.165, 1.54) is 12.8 Å². The molecule has 5 heteroatoms. The number of likely N-dealkylation sites (N-methyl/N-ethyl adjacent to an activating group) is 1. The summed E-state index contributed by atoms with van der Waals surface area (Å²) in [6.45, 7) is 6.97. The molecule has 2 rings (SSSR count). The van der Waals surface area contributed by atoms with Crippen molar-refractivity contribution in [3.8, 4) is 0 Å². The van der Waals surface area contributed by atoms with Gasteiger partial charge in [0.25, 0.3) is 0 Å². The molecule has 0 spiro atoms. The monoisotopic (exact) mass is 266 g/mol. The average molecular weight is 266 g/mol. The van der Waals surface area contributed by atoms with Gasteiger partial charge in [-0.1, -0.05) is 6.92 Å². The molecule has 0 aliphatic heterocycles. The second kappa shape index (κ2) is 6.39. The number of aromatic nitrogens is 2. The highest BCUT2D eigenvalue weighted by molar-refractivity contribution is 5.30. The maximum Gasteiger partial charge on any atom is 0.203 e. The Morgan fingerprint density at radius 3 is 2.89 bits per heavy atom. The van der Waals surface area contributed by atoms with E-state index in [-0.39, 0.29) is 6.10 Å². The van der Waals surface area contributed by atoms with E-state index in [2.05, 4.69) is 39.9 Å². The van der Waals surface area contributed by atoms with Crippen LogP contribution in [0.1, 0.15) is 31.5 Å². The molecule has 5 nitrogen and oxygen atoms in total. The van der Waals surface area contributed by atoms with Gasteiger partial charge in [0.2, 0.25) is 5.95 Å². The maximum atomic E-state index is 5.53. The SMILES string of the molecule is CCN(C)CC(CNc1nc(C)cn1C1CC1)OC. The zero-order valence-electron chi connectivity index (χ0n) is 12.5. The van der Waals surface area contributed by atoms with Crippen LogP contribution in [0.3, 0.4) is 0 Å². The number of ether oxygens (including phenoxy) is 1. The van der Waals surface area contributed by atoms with Gasteiger partial charge in [0.05, 0.1) is 11.8 Å². The van der Waals surface area contributed by atoms with Crippen molar-refractivity contribution in [1.29, 1.82) is 0 Å². The molecule has 1 fully saturated rings. The maximum absolute atomic E-state index is 5.53. The second-order valence-corrected chi connectivity index (χ2v) is 5.44. The van der Waals surface area contributed by atoms with E-state index in [4.69, 9.17) is 4.74 Å². The molecule has 108 valence electrons. The van der Waals surface area contributed by atoms with Crippen LogP contribution in [0, 0.1) is 6.92 Å². The highest BCUT2D eigenvalue weighted by atomic mass is 16.5. The minimum atomic E-state index is 0.189. The molecule has 0 aromatic carbocycles. The van der Waals surface area contributed by atoms with Crippen LogP contribution in [0.2, 0.25) is 0 Å². The molecule has 1 saturated carbocycles. The highest BCUT2D eigenvalue weighted by Gasteiger charge is 2.26. The Morgan fingerprint density at radius 1 is 1.58 bits per heavy atom. The fraction of sp³-hybridized carbons (Fsp3) is 0.786. The van der Waals surface area contributed by atoms with Crippen LogP contribution in [0.15, 0.2) is 6.20 Å². The Labute approximate surface area is 116 Å². The molecule has 0 saturated heterocycles. The molecule has 0 amide bonds. The minimum absolute atomic E-state index is 0.189. The number of methoxy groups -OCH3 is 1. The van der Waals surface area contributed by atoms with Crippen molar-refractivity contribution in [1.82, 2.24) is 14.5 Å². The van der Waals surface area contributed by atoms with E-state index in [9.17, 15) is 0 Å². The lowest BCUT2D eigenvalue weighted by molar-refractivity contribution is 0.0826. The van der Waals surface area contributed by atoms with E-state index in [0.717, 1.165) is 31.3 Å². The highest BCUT2D eigenvalue weighted by Crippen LogP contribution is 2.37. The first-order valence-corrected chi connectivity index (χ1v) is 7.14. The summed E-state index contributed by atoms with van der Waals surface area (Å²) >= 11 is 0. The molecule has 1 N–H and O–H groups in total. The van der Waals surface area contributed by atoms with Gasteiger partial charge in [-0.15, -0.1) is 0 Å². The number of anilines is 1. The number of imidazole rings is 1. The molecule has 1 aromatic heterocycles. The molecular formula is C14H26N4O. The molecule has 0 radical (unpaired) electrons. The molecule has 1 atom stereocenters. The van der Waals surface area contributed by atoms with Crippen molar-refractivity contribution in [3.63, 3.8) is 0 Å². The lowest BCUT2D eigenvalue weighted by Crippen LogP contribution is -2.35.